The molecule has 2 aromatic heterocycles. The van der Waals surface area contributed by atoms with E-state index in [2.05, 4.69) is 10.3 Å². The Morgan fingerprint density at radius 2 is 1.96 bits per heavy atom. The lowest BCUT2D eigenvalue weighted by molar-refractivity contribution is 0.0997. The number of nitrogens with one attached hydrogen (secondary N) is 1. The van der Waals surface area contributed by atoms with Crippen LogP contribution in [0, 0.1) is 6.92 Å². The molecule has 0 aliphatic carbocycles. The Bertz CT molecular complexity index is 1180. The van der Waals surface area contributed by atoms with Gasteiger partial charge >= 0.3 is 0 Å². The van der Waals surface area contributed by atoms with Gasteiger partial charge in [0.2, 0.25) is 0 Å². The zero-order valence-electron chi connectivity index (χ0n) is 13.9. The van der Waals surface area contributed by atoms with Crippen LogP contribution in [0.25, 0.3) is 22.2 Å². The Hall–Kier alpha value is -3.25. The number of carbonyl (C=O) groups excluding carboxylic acids is 1. The number of anilines is 1. The Kier molecular flexibility index (Phi) is 4.10. The van der Waals surface area contributed by atoms with Crippen molar-refractivity contribution in [1.29, 1.82) is 0 Å². The second-order valence-corrected chi connectivity index (χ2v) is 6.82. The molecule has 0 radical (unpaired) electrons. The highest BCUT2D eigenvalue weighted by atomic mass is 32.1. The maximum atomic E-state index is 12.5. The van der Waals surface area contributed by atoms with Gasteiger partial charge < -0.3 is 9.73 Å². The lowest BCUT2D eigenvalue weighted by Gasteiger charge is -2.07. The fraction of sp³-hybridized carbons (Fsp3) is 0.0500. The van der Waals surface area contributed by atoms with Crippen molar-refractivity contribution in [2.24, 2.45) is 0 Å². The molecule has 0 unspecified atom stereocenters. The molecular weight excluding hydrogens is 348 g/mol. The second-order valence-electron chi connectivity index (χ2n) is 5.76. The van der Waals surface area contributed by atoms with Crippen LogP contribution in [0.15, 0.2) is 69.2 Å². The van der Waals surface area contributed by atoms with E-state index in [1.807, 2.05) is 30.5 Å². The normalized spacial score (nSPS) is 10.8. The molecule has 0 bridgehead atoms. The minimum absolute atomic E-state index is 0.0244. The topological polar surface area (TPSA) is 72.2 Å². The standard InChI is InChI=1S/C20H14N2O3S/c1-12-21-16(11-26-12)13-5-4-6-14(9-13)22-20(24)19-10-17(23)15-7-2-3-8-18(15)25-19/h2-11H,1H3,(H,22,24). The van der Waals surface area contributed by atoms with Gasteiger partial charge in [0.05, 0.1) is 16.1 Å². The highest BCUT2D eigenvalue weighted by Gasteiger charge is 2.13. The van der Waals surface area contributed by atoms with E-state index in [1.54, 1.807) is 41.7 Å². The van der Waals surface area contributed by atoms with Crippen LogP contribution in [0.3, 0.4) is 0 Å². The average molecular weight is 362 g/mol. The highest BCUT2D eigenvalue weighted by molar-refractivity contribution is 7.09. The Morgan fingerprint density at radius 1 is 1.12 bits per heavy atom. The number of thiazole rings is 1. The summed E-state index contributed by atoms with van der Waals surface area (Å²) in [6.07, 6.45) is 0. The van der Waals surface area contributed by atoms with E-state index in [4.69, 9.17) is 4.42 Å². The first kappa shape index (κ1) is 16.2. The molecule has 5 nitrogen and oxygen atoms in total. The molecule has 128 valence electrons. The maximum Gasteiger partial charge on any atom is 0.291 e. The van der Waals surface area contributed by atoms with Gasteiger partial charge in [-0.25, -0.2) is 4.98 Å². The molecule has 2 heterocycles. The summed E-state index contributed by atoms with van der Waals surface area (Å²) in [5.74, 6) is -0.497. The van der Waals surface area contributed by atoms with Crippen molar-refractivity contribution in [3.8, 4) is 11.3 Å². The van der Waals surface area contributed by atoms with E-state index in [0.29, 0.717) is 16.7 Å². The van der Waals surface area contributed by atoms with Crippen molar-refractivity contribution >= 4 is 33.9 Å². The first-order chi connectivity index (χ1) is 12.6. The van der Waals surface area contributed by atoms with Crippen molar-refractivity contribution in [3.05, 3.63) is 81.0 Å². The van der Waals surface area contributed by atoms with Crippen LogP contribution >= 0.6 is 11.3 Å². The summed E-state index contributed by atoms with van der Waals surface area (Å²) in [4.78, 5) is 29.1. The molecule has 6 heteroatoms. The summed E-state index contributed by atoms with van der Waals surface area (Å²) >= 11 is 1.57. The van der Waals surface area contributed by atoms with Gasteiger partial charge in [-0.15, -0.1) is 11.3 Å². The molecule has 0 aliphatic rings. The third kappa shape index (κ3) is 3.14. The molecule has 2 aromatic carbocycles. The van der Waals surface area contributed by atoms with Crippen LogP contribution < -0.4 is 10.7 Å². The fourth-order valence-electron chi connectivity index (χ4n) is 2.66. The molecule has 0 saturated heterocycles. The summed E-state index contributed by atoms with van der Waals surface area (Å²) in [5, 5.41) is 6.17. The number of nitrogens with zero attached hydrogens (tertiary/aromatic N) is 1. The van der Waals surface area contributed by atoms with Crippen molar-refractivity contribution in [2.45, 2.75) is 6.92 Å². The number of para-hydroxylation sites is 1. The minimum atomic E-state index is -0.473. The van der Waals surface area contributed by atoms with Crippen LogP contribution in [0.5, 0.6) is 0 Å². The zero-order chi connectivity index (χ0) is 18.1. The number of amides is 1. The number of hydrogen-bond donors (Lipinski definition) is 1. The van der Waals surface area contributed by atoms with E-state index < -0.39 is 5.91 Å². The minimum Gasteiger partial charge on any atom is -0.451 e. The number of hydrogen-bond acceptors (Lipinski definition) is 5. The van der Waals surface area contributed by atoms with E-state index in [-0.39, 0.29) is 11.2 Å². The number of benzene rings is 2. The largest absolute Gasteiger partial charge is 0.451 e. The third-order valence-electron chi connectivity index (χ3n) is 3.89. The van der Waals surface area contributed by atoms with Crippen molar-refractivity contribution in [3.63, 3.8) is 0 Å². The molecule has 26 heavy (non-hydrogen) atoms. The Balaban J connectivity index is 1.63. The molecule has 0 saturated carbocycles. The molecule has 0 atom stereocenters. The third-order valence-corrected chi connectivity index (χ3v) is 4.67. The summed E-state index contributed by atoms with van der Waals surface area (Å²) in [6, 6.07) is 15.4. The van der Waals surface area contributed by atoms with Crippen LogP contribution in [0.4, 0.5) is 5.69 Å². The second kappa shape index (κ2) is 6.57. The molecule has 0 fully saturated rings. The maximum absolute atomic E-state index is 12.5. The zero-order valence-corrected chi connectivity index (χ0v) is 14.7. The van der Waals surface area contributed by atoms with E-state index in [0.717, 1.165) is 16.3 Å². The fourth-order valence-corrected chi connectivity index (χ4v) is 3.28. The van der Waals surface area contributed by atoms with Crippen molar-refractivity contribution in [1.82, 2.24) is 4.98 Å². The molecule has 4 rings (SSSR count). The molecule has 1 N–H and O–H groups in total. The van der Waals surface area contributed by atoms with Gasteiger partial charge in [-0.1, -0.05) is 24.3 Å². The summed E-state index contributed by atoms with van der Waals surface area (Å²) in [6.45, 7) is 1.95. The number of aromatic nitrogens is 1. The molecule has 1 amide bonds. The predicted molar refractivity (Wildman–Crippen MR) is 103 cm³/mol. The first-order valence-corrected chi connectivity index (χ1v) is 8.85. The molecule has 0 spiro atoms. The van der Waals surface area contributed by atoms with Gasteiger partial charge in [-0.3, -0.25) is 9.59 Å². The van der Waals surface area contributed by atoms with Crippen LogP contribution in [0.2, 0.25) is 0 Å². The number of fused-ring (bicyclic) bond motifs is 1. The van der Waals surface area contributed by atoms with Gasteiger partial charge in [-0.2, -0.15) is 0 Å². The molecule has 0 aliphatic heterocycles. The van der Waals surface area contributed by atoms with Crippen molar-refractivity contribution < 1.29 is 9.21 Å². The quantitative estimate of drug-likeness (QED) is 0.583. The average Bonchev–Trinajstić information content (AvgIpc) is 3.08. The van der Waals surface area contributed by atoms with Gasteiger partial charge in [0, 0.05) is 22.7 Å². The first-order valence-electron chi connectivity index (χ1n) is 7.97. The smallest absolute Gasteiger partial charge is 0.291 e. The monoisotopic (exact) mass is 362 g/mol. The molecule has 4 aromatic rings. The van der Waals surface area contributed by atoms with E-state index in [9.17, 15) is 9.59 Å². The summed E-state index contributed by atoms with van der Waals surface area (Å²) in [7, 11) is 0. The lowest BCUT2D eigenvalue weighted by Crippen LogP contribution is -2.15. The van der Waals surface area contributed by atoms with Crippen LogP contribution in [0.1, 0.15) is 15.6 Å². The molecular formula is C20H14N2O3S. The number of carbonyl (C=O) groups is 1. The Morgan fingerprint density at radius 3 is 2.77 bits per heavy atom. The number of aryl methyl sites for hydroxylation is 1. The van der Waals surface area contributed by atoms with Crippen molar-refractivity contribution in [2.75, 3.05) is 5.32 Å². The summed E-state index contributed by atoms with van der Waals surface area (Å²) < 4.78 is 5.57. The van der Waals surface area contributed by atoms with Gasteiger partial charge in [-0.05, 0) is 31.2 Å². The SMILES string of the molecule is Cc1nc(-c2cccc(NC(=O)c3cc(=O)c4ccccc4o3)c2)cs1. The predicted octanol–water partition coefficient (Wildman–Crippen LogP) is 4.48. The summed E-state index contributed by atoms with van der Waals surface area (Å²) in [5.41, 5.74) is 2.52. The van der Waals surface area contributed by atoms with Crippen LogP contribution in [-0.2, 0) is 0 Å². The van der Waals surface area contributed by atoms with Gasteiger partial charge in [0.1, 0.15) is 5.58 Å². The van der Waals surface area contributed by atoms with Crippen LogP contribution in [-0.4, -0.2) is 10.9 Å². The van der Waals surface area contributed by atoms with E-state index in [1.165, 1.54) is 6.07 Å². The highest BCUT2D eigenvalue weighted by Crippen LogP contribution is 2.24. The number of rotatable bonds is 3. The van der Waals surface area contributed by atoms with E-state index >= 15 is 0 Å². The van der Waals surface area contributed by atoms with Gasteiger partial charge in [0.25, 0.3) is 5.91 Å². The van der Waals surface area contributed by atoms with Gasteiger partial charge in [0.15, 0.2) is 11.2 Å². The Labute approximate surface area is 152 Å². The lowest BCUT2D eigenvalue weighted by atomic mass is 10.1.